The Hall–Kier alpha value is -1.86. The molecule has 20 heavy (non-hydrogen) atoms. The van der Waals surface area contributed by atoms with Gasteiger partial charge in [0.05, 0.1) is 0 Å². The second-order valence-electron chi connectivity index (χ2n) is 4.88. The lowest BCUT2D eigenvalue weighted by atomic mass is 10.2. The minimum Gasteiger partial charge on any atom is -0.480 e. The summed E-state index contributed by atoms with van der Waals surface area (Å²) in [5, 5.41) is 9.48. The van der Waals surface area contributed by atoms with E-state index in [4.69, 9.17) is 9.52 Å². The van der Waals surface area contributed by atoms with Crippen LogP contribution in [0.2, 0.25) is 0 Å². The summed E-state index contributed by atoms with van der Waals surface area (Å²) in [6.07, 6.45) is 1.44. The van der Waals surface area contributed by atoms with Crippen LogP contribution in [0.15, 0.2) is 39.8 Å². The summed E-state index contributed by atoms with van der Waals surface area (Å²) < 4.78 is 31.8. The summed E-state index contributed by atoms with van der Waals surface area (Å²) >= 11 is 0. The van der Waals surface area contributed by atoms with E-state index in [0.29, 0.717) is 11.0 Å². The largest absolute Gasteiger partial charge is 0.480 e. The number of rotatable bonds is 5. The third-order valence-electron chi connectivity index (χ3n) is 3.31. The number of carbonyl (C=O) groups is 1. The van der Waals surface area contributed by atoms with Gasteiger partial charge in [-0.3, -0.25) is 4.79 Å². The molecule has 1 unspecified atom stereocenters. The van der Waals surface area contributed by atoms with Gasteiger partial charge in [-0.25, -0.2) is 8.42 Å². The van der Waals surface area contributed by atoms with Crippen molar-refractivity contribution in [3.63, 3.8) is 0 Å². The van der Waals surface area contributed by atoms with Crippen molar-refractivity contribution < 1.29 is 22.7 Å². The predicted molar refractivity (Wildman–Crippen MR) is 70.7 cm³/mol. The zero-order valence-electron chi connectivity index (χ0n) is 10.4. The van der Waals surface area contributed by atoms with E-state index < -0.39 is 22.0 Å². The average Bonchev–Trinajstić information content (AvgIpc) is 3.13. The minimum atomic E-state index is -3.97. The molecule has 1 aliphatic carbocycles. The van der Waals surface area contributed by atoms with E-state index in [0.717, 1.165) is 12.8 Å². The molecule has 3 rings (SSSR count). The Morgan fingerprint density at radius 1 is 1.35 bits per heavy atom. The maximum atomic E-state index is 12.2. The first-order valence-corrected chi connectivity index (χ1v) is 7.69. The van der Waals surface area contributed by atoms with Crippen molar-refractivity contribution in [1.29, 1.82) is 0 Å². The number of sulfonamides is 1. The van der Waals surface area contributed by atoms with E-state index in [1.54, 1.807) is 24.3 Å². The van der Waals surface area contributed by atoms with E-state index in [2.05, 4.69) is 4.72 Å². The van der Waals surface area contributed by atoms with Crippen LogP contribution in [0.5, 0.6) is 0 Å². The molecule has 0 radical (unpaired) electrons. The van der Waals surface area contributed by atoms with E-state index in [1.165, 1.54) is 6.07 Å². The van der Waals surface area contributed by atoms with E-state index >= 15 is 0 Å². The third kappa shape index (κ3) is 2.41. The molecule has 0 saturated heterocycles. The summed E-state index contributed by atoms with van der Waals surface area (Å²) in [5.41, 5.74) is 0.450. The lowest BCUT2D eigenvalue weighted by Gasteiger charge is -2.12. The van der Waals surface area contributed by atoms with Gasteiger partial charge in [0.15, 0.2) is 0 Å². The van der Waals surface area contributed by atoms with E-state index in [1.807, 2.05) is 0 Å². The highest BCUT2D eigenvalue weighted by molar-refractivity contribution is 7.89. The number of fused-ring (bicyclic) bond motifs is 1. The van der Waals surface area contributed by atoms with Crippen LogP contribution >= 0.6 is 0 Å². The fourth-order valence-electron chi connectivity index (χ4n) is 2.09. The Morgan fingerprint density at radius 3 is 2.65 bits per heavy atom. The SMILES string of the molecule is O=C(O)C(NS(=O)(=O)c1cc2ccccc2o1)C1CC1. The topological polar surface area (TPSA) is 96.6 Å². The fraction of sp³-hybridized carbons (Fsp3) is 0.308. The Labute approximate surface area is 115 Å². The molecule has 1 aromatic heterocycles. The molecule has 6 nitrogen and oxygen atoms in total. The molecule has 1 aromatic carbocycles. The number of carboxylic acid groups (broad SMARTS) is 1. The van der Waals surface area contributed by atoms with Crippen molar-refractivity contribution in [3.05, 3.63) is 30.3 Å². The second kappa shape index (κ2) is 4.60. The first-order valence-electron chi connectivity index (χ1n) is 6.21. The van der Waals surface area contributed by atoms with Crippen LogP contribution in [-0.2, 0) is 14.8 Å². The number of para-hydroxylation sites is 1. The normalized spacial score (nSPS) is 17.2. The van der Waals surface area contributed by atoms with Gasteiger partial charge in [0.25, 0.3) is 10.0 Å². The molecule has 1 heterocycles. The van der Waals surface area contributed by atoms with Crippen molar-refractivity contribution in [3.8, 4) is 0 Å². The van der Waals surface area contributed by atoms with E-state index in [-0.39, 0.29) is 11.0 Å². The number of benzene rings is 1. The Morgan fingerprint density at radius 2 is 2.05 bits per heavy atom. The van der Waals surface area contributed by atoms with Crippen molar-refractivity contribution in [2.75, 3.05) is 0 Å². The molecule has 0 amide bonds. The highest BCUT2D eigenvalue weighted by Gasteiger charge is 2.39. The minimum absolute atomic E-state index is 0.133. The van der Waals surface area contributed by atoms with Crippen LogP contribution in [0.1, 0.15) is 12.8 Å². The van der Waals surface area contributed by atoms with Crippen LogP contribution in [0.3, 0.4) is 0 Å². The maximum absolute atomic E-state index is 12.2. The van der Waals surface area contributed by atoms with Crippen molar-refractivity contribution >= 4 is 27.0 Å². The molecular formula is C13H13NO5S. The molecule has 1 fully saturated rings. The van der Waals surface area contributed by atoms with Crippen molar-refractivity contribution in [1.82, 2.24) is 4.72 Å². The zero-order valence-corrected chi connectivity index (χ0v) is 11.3. The lowest BCUT2D eigenvalue weighted by molar-refractivity contribution is -0.139. The van der Waals surface area contributed by atoms with Gasteiger partial charge in [-0.2, -0.15) is 4.72 Å². The molecule has 0 aliphatic heterocycles. The van der Waals surface area contributed by atoms with Crippen molar-refractivity contribution in [2.24, 2.45) is 5.92 Å². The molecule has 7 heteroatoms. The predicted octanol–water partition coefficient (Wildman–Crippen LogP) is 1.57. The van der Waals surface area contributed by atoms with E-state index in [9.17, 15) is 13.2 Å². The highest BCUT2D eigenvalue weighted by Crippen LogP contribution is 2.33. The quantitative estimate of drug-likeness (QED) is 0.872. The van der Waals surface area contributed by atoms with Gasteiger partial charge >= 0.3 is 5.97 Å². The van der Waals surface area contributed by atoms with Gasteiger partial charge in [-0.15, -0.1) is 0 Å². The summed E-state index contributed by atoms with van der Waals surface area (Å²) in [6, 6.07) is 7.19. The summed E-state index contributed by atoms with van der Waals surface area (Å²) in [6.45, 7) is 0. The lowest BCUT2D eigenvalue weighted by Crippen LogP contribution is -2.42. The van der Waals surface area contributed by atoms with Gasteiger partial charge in [0.1, 0.15) is 11.6 Å². The van der Waals surface area contributed by atoms with Crippen LogP contribution in [-0.4, -0.2) is 25.5 Å². The average molecular weight is 295 g/mol. The number of nitrogens with one attached hydrogen (secondary N) is 1. The number of aliphatic carboxylic acids is 1. The molecule has 2 N–H and O–H groups in total. The van der Waals surface area contributed by atoms with Gasteiger partial charge in [0, 0.05) is 11.5 Å². The Bertz CT molecular complexity index is 727. The molecule has 0 spiro atoms. The van der Waals surface area contributed by atoms with Gasteiger partial charge in [0.2, 0.25) is 5.09 Å². The van der Waals surface area contributed by atoms with Crippen LogP contribution in [0.25, 0.3) is 11.0 Å². The standard InChI is InChI=1S/C13H13NO5S/c15-13(16)12(8-5-6-8)14-20(17,18)11-7-9-3-1-2-4-10(9)19-11/h1-4,7-8,12,14H,5-6H2,(H,15,16). The molecule has 2 aromatic rings. The van der Waals surface area contributed by atoms with Gasteiger partial charge in [-0.1, -0.05) is 18.2 Å². The van der Waals surface area contributed by atoms with Crippen molar-refractivity contribution in [2.45, 2.75) is 24.0 Å². The molecule has 1 aliphatic rings. The number of hydrogen-bond acceptors (Lipinski definition) is 4. The molecule has 1 saturated carbocycles. The highest BCUT2D eigenvalue weighted by atomic mass is 32.2. The van der Waals surface area contributed by atoms with Crippen LogP contribution in [0, 0.1) is 5.92 Å². The third-order valence-corrected chi connectivity index (χ3v) is 4.60. The first-order chi connectivity index (χ1) is 9.47. The fourth-order valence-corrected chi connectivity index (χ4v) is 3.32. The number of hydrogen-bond donors (Lipinski definition) is 2. The number of furan rings is 1. The van der Waals surface area contributed by atoms with Gasteiger partial charge in [-0.05, 0) is 24.8 Å². The number of carboxylic acids is 1. The van der Waals surface area contributed by atoms with Crippen LogP contribution in [0.4, 0.5) is 0 Å². The summed E-state index contributed by atoms with van der Waals surface area (Å²) in [7, 11) is -3.97. The Balaban J connectivity index is 1.92. The molecule has 106 valence electrons. The zero-order chi connectivity index (χ0) is 14.3. The van der Waals surface area contributed by atoms with Crippen LogP contribution < -0.4 is 4.72 Å². The summed E-state index contributed by atoms with van der Waals surface area (Å²) in [4.78, 5) is 11.1. The summed E-state index contributed by atoms with van der Waals surface area (Å²) in [5.74, 6) is -1.29. The molecular weight excluding hydrogens is 282 g/mol. The second-order valence-corrected chi connectivity index (χ2v) is 6.52. The Kier molecular flexibility index (Phi) is 3.02. The maximum Gasteiger partial charge on any atom is 0.322 e. The first kappa shape index (κ1) is 13.1. The molecule has 0 bridgehead atoms. The monoisotopic (exact) mass is 295 g/mol. The molecule has 1 atom stereocenters. The smallest absolute Gasteiger partial charge is 0.322 e. The van der Waals surface area contributed by atoms with Gasteiger partial charge < -0.3 is 9.52 Å².